The lowest BCUT2D eigenvalue weighted by molar-refractivity contribution is 0.208. The molecule has 2 rings (SSSR count). The van der Waals surface area contributed by atoms with Crippen molar-refractivity contribution in [1.29, 1.82) is 0 Å². The van der Waals surface area contributed by atoms with Gasteiger partial charge in [-0.05, 0) is 26.2 Å². The van der Waals surface area contributed by atoms with E-state index in [2.05, 4.69) is 27.8 Å². The van der Waals surface area contributed by atoms with E-state index in [9.17, 15) is 4.21 Å². The number of hydrogen-bond donors (Lipinski definition) is 1. The molecule has 1 heterocycles. The van der Waals surface area contributed by atoms with Crippen molar-refractivity contribution in [1.82, 2.24) is 14.9 Å². The molecule has 0 amide bonds. The van der Waals surface area contributed by atoms with Gasteiger partial charge >= 0.3 is 0 Å². The third-order valence-electron chi connectivity index (χ3n) is 3.17. The topological polar surface area (TPSA) is 76.6 Å². The molecule has 0 bridgehead atoms. The first-order chi connectivity index (χ1) is 13.7. The minimum absolute atomic E-state index is 0.0258. The fraction of sp³-hybridized carbons (Fsp3) is 0.222. The molecule has 7 nitrogen and oxygen atoms in total. The predicted octanol–water partition coefficient (Wildman–Crippen LogP) is 4.56. The number of nitrogens with zero attached hydrogens (tertiary/aromatic N) is 3. The quantitative estimate of drug-likeness (QED) is 0.506. The number of likely N-dealkylation sites (N-methyl/N-ethyl adjacent to an activating group) is 1. The fourth-order valence-electron chi connectivity index (χ4n) is 2.07. The minimum Gasteiger partial charge on any atom is -0.467 e. The van der Waals surface area contributed by atoms with E-state index in [4.69, 9.17) is 44.3 Å². The van der Waals surface area contributed by atoms with Gasteiger partial charge in [0.2, 0.25) is 5.82 Å². The first-order valence-corrected chi connectivity index (χ1v) is 10.4. The molecule has 1 unspecified atom stereocenters. The van der Waals surface area contributed by atoms with Crippen LogP contribution < -0.4 is 9.46 Å². The number of benzene rings is 1. The Morgan fingerprint density at radius 2 is 1.97 bits per heavy atom. The van der Waals surface area contributed by atoms with Crippen molar-refractivity contribution in [2.45, 2.75) is 4.90 Å². The maximum atomic E-state index is 12.7. The van der Waals surface area contributed by atoms with E-state index in [1.807, 2.05) is 19.0 Å². The van der Waals surface area contributed by atoms with Gasteiger partial charge in [0, 0.05) is 0 Å². The van der Waals surface area contributed by atoms with Crippen LogP contribution in [0.4, 0.5) is 5.82 Å². The molecule has 0 radical (unpaired) electrons. The van der Waals surface area contributed by atoms with Crippen molar-refractivity contribution < 1.29 is 13.7 Å². The zero-order valence-electron chi connectivity index (χ0n) is 15.7. The lowest BCUT2D eigenvalue weighted by Crippen LogP contribution is -2.17. The van der Waals surface area contributed by atoms with Gasteiger partial charge in [-0.3, -0.25) is 4.72 Å². The molecule has 156 valence electrons. The molecular formula is C18H19Cl3N4O3S. The van der Waals surface area contributed by atoms with Gasteiger partial charge in [0.05, 0.1) is 27.7 Å². The summed E-state index contributed by atoms with van der Waals surface area (Å²) in [5, 5.41) is 0.529. The monoisotopic (exact) mass is 476 g/mol. The van der Waals surface area contributed by atoms with Crippen LogP contribution in [-0.2, 0) is 15.7 Å². The molecular weight excluding hydrogens is 459 g/mol. The number of aromatic nitrogens is 2. The van der Waals surface area contributed by atoms with Crippen molar-refractivity contribution in [3.63, 3.8) is 0 Å². The smallest absolute Gasteiger partial charge is 0.258 e. The van der Waals surface area contributed by atoms with Crippen molar-refractivity contribution in [2.24, 2.45) is 0 Å². The van der Waals surface area contributed by atoms with Crippen LogP contribution in [0.3, 0.4) is 0 Å². The van der Waals surface area contributed by atoms with Crippen LogP contribution in [0.5, 0.6) is 5.88 Å². The number of rotatable bonds is 10. The van der Waals surface area contributed by atoms with E-state index in [0.29, 0.717) is 18.1 Å². The number of hydrogen-bond acceptors (Lipinski definition) is 6. The van der Waals surface area contributed by atoms with Gasteiger partial charge < -0.3 is 14.4 Å². The highest BCUT2D eigenvalue weighted by molar-refractivity contribution is 7.86. The summed E-state index contributed by atoms with van der Waals surface area (Å²) in [6.07, 6.45) is 1.30. The maximum absolute atomic E-state index is 12.7. The second kappa shape index (κ2) is 10.8. The SMILES string of the molecule is C=C(COc1ncc(Cl)nc1NS(=O)c1cccc(Cl)c1Cl)OC(=C)CN(C)C. The maximum Gasteiger partial charge on any atom is 0.258 e. The van der Waals surface area contributed by atoms with Gasteiger partial charge in [-0.25, -0.2) is 14.2 Å². The van der Waals surface area contributed by atoms with Gasteiger partial charge in [-0.1, -0.05) is 54.0 Å². The third-order valence-corrected chi connectivity index (χ3v) is 5.40. The van der Waals surface area contributed by atoms with Crippen LogP contribution >= 0.6 is 34.8 Å². The van der Waals surface area contributed by atoms with E-state index < -0.39 is 11.0 Å². The predicted molar refractivity (Wildman–Crippen MR) is 117 cm³/mol. The Bertz CT molecular complexity index is 941. The van der Waals surface area contributed by atoms with Crippen LogP contribution in [-0.4, -0.2) is 46.3 Å². The summed E-state index contributed by atoms with van der Waals surface area (Å²) in [4.78, 5) is 10.3. The minimum atomic E-state index is -1.79. The summed E-state index contributed by atoms with van der Waals surface area (Å²) in [7, 11) is 1.99. The van der Waals surface area contributed by atoms with E-state index in [0.717, 1.165) is 0 Å². The van der Waals surface area contributed by atoms with Gasteiger partial charge in [0.1, 0.15) is 23.3 Å². The summed E-state index contributed by atoms with van der Waals surface area (Å²) in [6.45, 7) is 8.09. The second-order valence-corrected chi connectivity index (χ2v) is 8.33. The molecule has 11 heteroatoms. The molecule has 0 spiro atoms. The first kappa shape index (κ1) is 23.4. The summed E-state index contributed by atoms with van der Waals surface area (Å²) in [5.74, 6) is 0.954. The third kappa shape index (κ3) is 7.17. The van der Waals surface area contributed by atoms with Crippen molar-refractivity contribution in [3.05, 3.63) is 64.3 Å². The van der Waals surface area contributed by atoms with Gasteiger partial charge in [0.15, 0.2) is 11.0 Å². The molecule has 0 fully saturated rings. The molecule has 1 N–H and O–H groups in total. The van der Waals surface area contributed by atoms with Crippen LogP contribution in [0, 0.1) is 0 Å². The van der Waals surface area contributed by atoms with E-state index in [1.54, 1.807) is 18.2 Å². The van der Waals surface area contributed by atoms with E-state index in [1.165, 1.54) is 6.20 Å². The Labute approximate surface area is 186 Å². The Morgan fingerprint density at radius 3 is 2.66 bits per heavy atom. The molecule has 1 aromatic heterocycles. The molecule has 0 aliphatic carbocycles. The van der Waals surface area contributed by atoms with Crippen molar-refractivity contribution in [2.75, 3.05) is 32.0 Å². The summed E-state index contributed by atoms with van der Waals surface area (Å²) < 4.78 is 26.4. The van der Waals surface area contributed by atoms with Crippen molar-refractivity contribution >= 4 is 51.6 Å². The molecule has 0 aliphatic rings. The number of ether oxygens (including phenoxy) is 2. The zero-order valence-corrected chi connectivity index (χ0v) is 18.8. The highest BCUT2D eigenvalue weighted by Crippen LogP contribution is 2.30. The number of nitrogens with one attached hydrogen (secondary N) is 1. The molecule has 0 saturated carbocycles. The largest absolute Gasteiger partial charge is 0.467 e. The lowest BCUT2D eigenvalue weighted by Gasteiger charge is -2.16. The summed E-state index contributed by atoms with van der Waals surface area (Å²) in [5.41, 5.74) is 0. The average Bonchev–Trinajstić information content (AvgIpc) is 2.62. The Morgan fingerprint density at radius 1 is 1.24 bits per heavy atom. The molecule has 1 atom stereocenters. The van der Waals surface area contributed by atoms with Crippen LogP contribution in [0.15, 0.2) is 54.0 Å². The molecule has 2 aromatic rings. The molecule has 0 saturated heterocycles. The van der Waals surface area contributed by atoms with Crippen LogP contribution in [0.1, 0.15) is 0 Å². The molecule has 1 aromatic carbocycles. The number of halogens is 3. The fourth-order valence-corrected chi connectivity index (χ4v) is 3.66. The lowest BCUT2D eigenvalue weighted by atomic mass is 10.4. The van der Waals surface area contributed by atoms with Gasteiger partial charge in [0.25, 0.3) is 5.88 Å². The first-order valence-electron chi connectivity index (χ1n) is 8.13. The van der Waals surface area contributed by atoms with Gasteiger partial charge in [-0.15, -0.1) is 0 Å². The highest BCUT2D eigenvalue weighted by Gasteiger charge is 2.16. The summed E-state index contributed by atoms with van der Waals surface area (Å²) >= 11 is 18.0. The van der Waals surface area contributed by atoms with Crippen molar-refractivity contribution in [3.8, 4) is 5.88 Å². The normalized spacial score (nSPS) is 11.8. The van der Waals surface area contributed by atoms with Gasteiger partial charge in [-0.2, -0.15) is 0 Å². The Kier molecular flexibility index (Phi) is 8.73. The zero-order chi connectivity index (χ0) is 21.6. The molecule has 0 aliphatic heterocycles. The Hall–Kier alpha value is -1.84. The standard InChI is InChI=1S/C18H19Cl3N4O3S/c1-11(9-25(3)4)28-12(2)10-27-18-17(23-15(20)8-22-18)24-29(26)14-7-5-6-13(19)16(14)21/h5-8H,1-2,9-10H2,3-4H3,(H,23,24). The highest BCUT2D eigenvalue weighted by atomic mass is 35.5. The molecule has 29 heavy (non-hydrogen) atoms. The van der Waals surface area contributed by atoms with Crippen LogP contribution in [0.2, 0.25) is 15.2 Å². The average molecular weight is 478 g/mol. The van der Waals surface area contributed by atoms with Crippen LogP contribution in [0.25, 0.3) is 0 Å². The second-order valence-electron chi connectivity index (χ2n) is 5.98. The number of anilines is 1. The van der Waals surface area contributed by atoms with E-state index >= 15 is 0 Å². The summed E-state index contributed by atoms with van der Waals surface area (Å²) in [6, 6.07) is 4.79. The Balaban J connectivity index is 2.09. The van der Waals surface area contributed by atoms with E-state index in [-0.39, 0.29) is 38.4 Å².